The Bertz CT molecular complexity index is 434. The number of furan rings is 1. The van der Waals surface area contributed by atoms with E-state index in [2.05, 4.69) is 51.7 Å². The summed E-state index contributed by atoms with van der Waals surface area (Å²) in [4.78, 5) is 6.78. The Morgan fingerprint density at radius 3 is 2.86 bits per heavy atom. The van der Waals surface area contributed by atoms with Gasteiger partial charge >= 0.3 is 0 Å². The van der Waals surface area contributed by atoms with Gasteiger partial charge in [-0.1, -0.05) is 6.08 Å². The Hall–Kier alpha value is -0.500. The summed E-state index contributed by atoms with van der Waals surface area (Å²) >= 11 is 3.31. The smallest absolute Gasteiger partial charge is 0.193 e. The average Bonchev–Trinajstić information content (AvgIpc) is 2.83. The van der Waals surface area contributed by atoms with Gasteiger partial charge in [-0.05, 0) is 47.8 Å². The number of halogens is 2. The van der Waals surface area contributed by atoms with Crippen LogP contribution in [0.4, 0.5) is 0 Å². The molecule has 0 saturated carbocycles. The van der Waals surface area contributed by atoms with Crippen LogP contribution in [0, 0.1) is 0 Å². The van der Waals surface area contributed by atoms with Crippen molar-refractivity contribution in [2.45, 2.75) is 26.2 Å². The van der Waals surface area contributed by atoms with E-state index in [9.17, 15) is 0 Å². The van der Waals surface area contributed by atoms with E-state index in [1.165, 1.54) is 0 Å². The van der Waals surface area contributed by atoms with Crippen molar-refractivity contribution in [1.82, 2.24) is 10.2 Å². The predicted octanol–water partition coefficient (Wildman–Crippen LogP) is 4.07. The summed E-state index contributed by atoms with van der Waals surface area (Å²) in [6, 6.07) is 3.88. The van der Waals surface area contributed by atoms with E-state index in [0.29, 0.717) is 6.54 Å². The molecule has 1 aromatic rings. The van der Waals surface area contributed by atoms with Crippen LogP contribution in [0.2, 0.25) is 0 Å². The predicted molar refractivity (Wildman–Crippen MR) is 104 cm³/mol. The minimum Gasteiger partial charge on any atom is -0.454 e. The highest BCUT2D eigenvalue weighted by Crippen LogP contribution is 2.14. The third-order valence-electron chi connectivity index (χ3n) is 2.85. The monoisotopic (exact) mass is 469 g/mol. The quantitative estimate of drug-likeness (QED) is 0.205. The van der Waals surface area contributed by atoms with Crippen molar-refractivity contribution in [1.29, 1.82) is 0 Å². The van der Waals surface area contributed by atoms with E-state index in [-0.39, 0.29) is 24.0 Å². The molecule has 0 aromatic carbocycles. The van der Waals surface area contributed by atoms with E-state index in [4.69, 9.17) is 4.42 Å². The number of unbranched alkanes of at least 4 members (excludes halogenated alkanes) is 1. The SMILES string of the molecule is C=CCCCN(C)C(=NCCc1ccc(Br)o1)NCC.I. The van der Waals surface area contributed by atoms with Crippen molar-refractivity contribution < 1.29 is 4.42 Å². The zero-order valence-electron chi connectivity index (χ0n) is 12.8. The second kappa shape index (κ2) is 12.1. The first-order chi connectivity index (χ1) is 9.67. The normalized spacial score (nSPS) is 10.9. The van der Waals surface area contributed by atoms with Gasteiger partial charge < -0.3 is 14.6 Å². The van der Waals surface area contributed by atoms with E-state index < -0.39 is 0 Å². The molecular weight excluding hydrogens is 445 g/mol. The van der Waals surface area contributed by atoms with Gasteiger partial charge in [0, 0.05) is 33.1 Å². The molecular formula is C15H25BrIN3O. The van der Waals surface area contributed by atoms with Crippen LogP contribution < -0.4 is 5.32 Å². The maximum atomic E-state index is 5.47. The molecule has 0 aliphatic heterocycles. The summed E-state index contributed by atoms with van der Waals surface area (Å²) in [6.45, 7) is 8.39. The molecule has 0 saturated heterocycles. The highest BCUT2D eigenvalue weighted by atomic mass is 127. The van der Waals surface area contributed by atoms with Crippen LogP contribution >= 0.6 is 39.9 Å². The number of aliphatic imine (C=N–C) groups is 1. The summed E-state index contributed by atoms with van der Waals surface area (Å²) in [5.74, 6) is 1.90. The van der Waals surface area contributed by atoms with Gasteiger partial charge in [0.15, 0.2) is 10.6 Å². The van der Waals surface area contributed by atoms with Gasteiger partial charge in [0.1, 0.15) is 5.76 Å². The Kier molecular flexibility index (Phi) is 11.8. The molecule has 0 spiro atoms. The summed E-state index contributed by atoms with van der Waals surface area (Å²) in [5, 5.41) is 3.31. The molecule has 0 bridgehead atoms. The molecule has 21 heavy (non-hydrogen) atoms. The fourth-order valence-corrected chi connectivity index (χ4v) is 2.15. The minimum atomic E-state index is 0. The number of allylic oxidation sites excluding steroid dienone is 1. The maximum Gasteiger partial charge on any atom is 0.193 e. The van der Waals surface area contributed by atoms with Crippen LogP contribution in [0.25, 0.3) is 0 Å². The Balaban J connectivity index is 0.00000400. The third-order valence-corrected chi connectivity index (χ3v) is 3.27. The van der Waals surface area contributed by atoms with Crippen LogP contribution in [0.15, 0.2) is 38.9 Å². The Labute approximate surface area is 153 Å². The molecule has 120 valence electrons. The summed E-state index contributed by atoms with van der Waals surface area (Å²) < 4.78 is 6.24. The minimum absolute atomic E-state index is 0. The van der Waals surface area contributed by atoms with Crippen molar-refractivity contribution in [2.24, 2.45) is 4.99 Å². The molecule has 0 aliphatic rings. The first kappa shape index (κ1) is 20.5. The van der Waals surface area contributed by atoms with Gasteiger partial charge in [-0.2, -0.15) is 0 Å². The second-order valence-corrected chi connectivity index (χ2v) is 5.33. The average molecular weight is 470 g/mol. The third kappa shape index (κ3) is 8.50. The summed E-state index contributed by atoms with van der Waals surface area (Å²) in [5.41, 5.74) is 0. The lowest BCUT2D eigenvalue weighted by atomic mass is 10.3. The summed E-state index contributed by atoms with van der Waals surface area (Å²) in [6.07, 6.45) is 4.88. The van der Waals surface area contributed by atoms with E-state index in [1.807, 2.05) is 18.2 Å². The van der Waals surface area contributed by atoms with Crippen LogP contribution in [0.5, 0.6) is 0 Å². The zero-order valence-corrected chi connectivity index (χ0v) is 16.7. The van der Waals surface area contributed by atoms with E-state index in [1.54, 1.807) is 0 Å². The Morgan fingerprint density at radius 2 is 2.29 bits per heavy atom. The first-order valence-electron chi connectivity index (χ1n) is 7.02. The molecule has 0 unspecified atom stereocenters. The molecule has 1 rings (SSSR count). The molecule has 0 aliphatic carbocycles. The molecule has 6 heteroatoms. The summed E-state index contributed by atoms with van der Waals surface area (Å²) in [7, 11) is 2.06. The zero-order chi connectivity index (χ0) is 14.8. The fraction of sp³-hybridized carbons (Fsp3) is 0.533. The lowest BCUT2D eigenvalue weighted by Gasteiger charge is -2.21. The highest BCUT2D eigenvalue weighted by molar-refractivity contribution is 14.0. The van der Waals surface area contributed by atoms with Crippen molar-refractivity contribution in [2.75, 3.05) is 26.7 Å². The van der Waals surface area contributed by atoms with Crippen molar-refractivity contribution in [3.63, 3.8) is 0 Å². The molecule has 0 radical (unpaired) electrons. The lowest BCUT2D eigenvalue weighted by Crippen LogP contribution is -2.39. The van der Waals surface area contributed by atoms with Gasteiger partial charge in [0.2, 0.25) is 0 Å². The number of hydrogen-bond donors (Lipinski definition) is 1. The molecule has 1 heterocycles. The number of nitrogens with zero attached hydrogens (tertiary/aromatic N) is 2. The van der Waals surface area contributed by atoms with Gasteiger partial charge in [-0.25, -0.2) is 0 Å². The van der Waals surface area contributed by atoms with Crippen LogP contribution in [-0.2, 0) is 6.42 Å². The second-order valence-electron chi connectivity index (χ2n) is 4.54. The van der Waals surface area contributed by atoms with Crippen molar-refractivity contribution >= 4 is 45.9 Å². The molecule has 0 amide bonds. The maximum absolute atomic E-state index is 5.47. The highest BCUT2D eigenvalue weighted by Gasteiger charge is 2.05. The van der Waals surface area contributed by atoms with Crippen molar-refractivity contribution in [3.8, 4) is 0 Å². The Morgan fingerprint density at radius 1 is 1.52 bits per heavy atom. The molecule has 0 atom stereocenters. The van der Waals surface area contributed by atoms with Crippen LogP contribution in [-0.4, -0.2) is 37.5 Å². The number of hydrogen-bond acceptors (Lipinski definition) is 2. The molecule has 1 N–H and O–H groups in total. The van der Waals surface area contributed by atoms with Gasteiger partial charge in [0.25, 0.3) is 0 Å². The van der Waals surface area contributed by atoms with Gasteiger partial charge in [-0.3, -0.25) is 4.99 Å². The number of rotatable bonds is 8. The lowest BCUT2D eigenvalue weighted by molar-refractivity contribution is 0.466. The van der Waals surface area contributed by atoms with Gasteiger partial charge in [-0.15, -0.1) is 30.6 Å². The van der Waals surface area contributed by atoms with Crippen LogP contribution in [0.1, 0.15) is 25.5 Å². The van der Waals surface area contributed by atoms with E-state index in [0.717, 1.165) is 48.7 Å². The molecule has 4 nitrogen and oxygen atoms in total. The van der Waals surface area contributed by atoms with Crippen LogP contribution in [0.3, 0.4) is 0 Å². The molecule has 1 aromatic heterocycles. The first-order valence-corrected chi connectivity index (χ1v) is 7.81. The van der Waals surface area contributed by atoms with Crippen molar-refractivity contribution in [3.05, 3.63) is 35.2 Å². The van der Waals surface area contributed by atoms with Gasteiger partial charge in [0.05, 0.1) is 0 Å². The standard InChI is InChI=1S/C15H24BrN3O.HI/c1-4-6-7-12-19(3)15(17-5-2)18-11-10-13-8-9-14(16)20-13;/h4,8-9H,1,5-7,10-12H2,2-3H3,(H,17,18);1H. The molecule has 0 fully saturated rings. The van der Waals surface area contributed by atoms with E-state index >= 15 is 0 Å². The fourth-order valence-electron chi connectivity index (χ4n) is 1.81. The largest absolute Gasteiger partial charge is 0.454 e. The number of nitrogens with one attached hydrogen (secondary N) is 1. The number of guanidine groups is 1. The topological polar surface area (TPSA) is 40.8 Å².